The van der Waals surface area contributed by atoms with Crippen molar-refractivity contribution in [2.24, 2.45) is 0 Å². The molecular formula is C20H23N5O3. The number of aromatic amines is 1. The fraction of sp³-hybridized carbons (Fsp3) is 0.400. The summed E-state index contributed by atoms with van der Waals surface area (Å²) in [5.74, 6) is 1.49. The van der Waals surface area contributed by atoms with Crippen LogP contribution in [0.4, 0.5) is 0 Å². The van der Waals surface area contributed by atoms with Gasteiger partial charge in [-0.05, 0) is 31.9 Å². The summed E-state index contributed by atoms with van der Waals surface area (Å²) in [6, 6.07) is 9.43. The van der Waals surface area contributed by atoms with Crippen molar-refractivity contribution < 1.29 is 9.53 Å². The van der Waals surface area contributed by atoms with Gasteiger partial charge in [0.25, 0.3) is 5.56 Å². The number of benzene rings is 1. The molecule has 0 saturated heterocycles. The topological polar surface area (TPSA) is 102 Å². The van der Waals surface area contributed by atoms with Crippen LogP contribution in [0.3, 0.4) is 0 Å². The third-order valence-corrected chi connectivity index (χ3v) is 5.16. The van der Waals surface area contributed by atoms with Crippen LogP contribution in [-0.2, 0) is 22.7 Å². The van der Waals surface area contributed by atoms with Crippen molar-refractivity contribution in [3.8, 4) is 0 Å². The van der Waals surface area contributed by atoms with Crippen molar-refractivity contribution in [1.82, 2.24) is 24.8 Å². The van der Waals surface area contributed by atoms with Gasteiger partial charge in [-0.25, -0.2) is 9.97 Å². The molecule has 0 aliphatic heterocycles. The molecule has 0 bridgehead atoms. The molecule has 1 saturated carbocycles. The molecule has 2 aromatic heterocycles. The second-order valence-electron chi connectivity index (χ2n) is 7.22. The summed E-state index contributed by atoms with van der Waals surface area (Å²) >= 11 is 0. The molecule has 1 aliphatic rings. The Balaban J connectivity index is 1.36. The minimum Gasteiger partial charge on any atom is -0.377 e. The molecule has 8 heteroatoms. The molecule has 0 atom stereocenters. The maximum Gasteiger partial charge on any atom is 0.251 e. The molecule has 4 rings (SSSR count). The Morgan fingerprint density at radius 1 is 1.32 bits per heavy atom. The van der Waals surface area contributed by atoms with E-state index in [4.69, 9.17) is 4.74 Å². The molecule has 3 aromatic rings. The van der Waals surface area contributed by atoms with Gasteiger partial charge in [0.05, 0.1) is 16.7 Å². The predicted octanol–water partition coefficient (Wildman–Crippen LogP) is 1.64. The number of rotatable bonds is 6. The monoisotopic (exact) mass is 381 g/mol. The number of H-pyrrole nitrogens is 1. The average Bonchev–Trinajstić information content (AvgIpc) is 2.93. The third kappa shape index (κ3) is 3.68. The van der Waals surface area contributed by atoms with Crippen molar-refractivity contribution in [3.05, 3.63) is 58.0 Å². The molecule has 8 nitrogen and oxygen atoms in total. The predicted molar refractivity (Wildman–Crippen MR) is 104 cm³/mol. The lowest BCUT2D eigenvalue weighted by Crippen LogP contribution is -2.45. The van der Waals surface area contributed by atoms with Gasteiger partial charge in [0.2, 0.25) is 5.91 Å². The zero-order valence-corrected chi connectivity index (χ0v) is 15.9. The molecule has 0 unspecified atom stereocenters. The Morgan fingerprint density at radius 3 is 2.89 bits per heavy atom. The molecule has 0 spiro atoms. The summed E-state index contributed by atoms with van der Waals surface area (Å²) < 4.78 is 6.96. The normalized spacial score (nSPS) is 18.8. The van der Waals surface area contributed by atoms with Crippen molar-refractivity contribution >= 4 is 16.9 Å². The number of para-hydroxylation sites is 2. The third-order valence-electron chi connectivity index (χ3n) is 5.16. The van der Waals surface area contributed by atoms with Gasteiger partial charge in [0.15, 0.2) is 0 Å². The lowest BCUT2D eigenvalue weighted by atomic mass is 9.78. The first-order valence-electron chi connectivity index (χ1n) is 9.34. The SMILES string of the molecule is COCc1nc(C2CC(NC(=O)Cn3c(C)nc4ccccc43)C2)cc(=O)[nH]1. The Bertz CT molecular complexity index is 1070. The van der Waals surface area contributed by atoms with Gasteiger partial charge in [0.1, 0.15) is 24.8 Å². The highest BCUT2D eigenvalue weighted by molar-refractivity contribution is 5.81. The van der Waals surface area contributed by atoms with Crippen molar-refractivity contribution in [3.63, 3.8) is 0 Å². The van der Waals surface area contributed by atoms with E-state index in [-0.39, 0.29) is 36.6 Å². The lowest BCUT2D eigenvalue weighted by molar-refractivity contribution is -0.123. The van der Waals surface area contributed by atoms with Gasteiger partial charge in [-0.1, -0.05) is 12.1 Å². The molecule has 1 fully saturated rings. The molecule has 2 N–H and O–H groups in total. The number of nitrogens with zero attached hydrogens (tertiary/aromatic N) is 3. The quantitative estimate of drug-likeness (QED) is 0.676. The molecule has 1 amide bonds. The van der Waals surface area contributed by atoms with Crippen LogP contribution in [0.25, 0.3) is 11.0 Å². The number of aryl methyl sites for hydroxylation is 1. The van der Waals surface area contributed by atoms with Crippen LogP contribution >= 0.6 is 0 Å². The van der Waals surface area contributed by atoms with Crippen LogP contribution in [0.15, 0.2) is 35.1 Å². The van der Waals surface area contributed by atoms with Crippen LogP contribution in [0.2, 0.25) is 0 Å². The first-order valence-corrected chi connectivity index (χ1v) is 9.34. The highest BCUT2D eigenvalue weighted by atomic mass is 16.5. The van der Waals surface area contributed by atoms with E-state index < -0.39 is 0 Å². The summed E-state index contributed by atoms with van der Waals surface area (Å²) in [6.07, 6.45) is 1.55. The maximum absolute atomic E-state index is 12.5. The largest absolute Gasteiger partial charge is 0.377 e. The van der Waals surface area contributed by atoms with Gasteiger partial charge in [0, 0.05) is 25.1 Å². The zero-order valence-electron chi connectivity index (χ0n) is 15.9. The van der Waals surface area contributed by atoms with Crippen molar-refractivity contribution in [1.29, 1.82) is 0 Å². The van der Waals surface area contributed by atoms with E-state index in [1.807, 2.05) is 35.8 Å². The highest BCUT2D eigenvalue weighted by Crippen LogP contribution is 2.35. The van der Waals surface area contributed by atoms with Gasteiger partial charge >= 0.3 is 0 Å². The summed E-state index contributed by atoms with van der Waals surface area (Å²) in [6.45, 7) is 2.42. The number of aromatic nitrogens is 4. The number of ether oxygens (including phenoxy) is 1. The number of fused-ring (bicyclic) bond motifs is 1. The smallest absolute Gasteiger partial charge is 0.251 e. The molecule has 1 aromatic carbocycles. The van der Waals surface area contributed by atoms with Gasteiger partial charge in [-0.3, -0.25) is 9.59 Å². The number of carbonyl (C=O) groups is 1. The second kappa shape index (κ2) is 7.55. The van der Waals surface area contributed by atoms with Crippen LogP contribution < -0.4 is 10.9 Å². The Kier molecular flexibility index (Phi) is 4.95. The number of hydrogen-bond acceptors (Lipinski definition) is 5. The molecule has 1 aliphatic carbocycles. The molecule has 0 radical (unpaired) electrons. The number of nitrogens with one attached hydrogen (secondary N) is 2. The molecule has 28 heavy (non-hydrogen) atoms. The van der Waals surface area contributed by atoms with Crippen LogP contribution in [0.1, 0.15) is 36.1 Å². The van der Waals surface area contributed by atoms with Gasteiger partial charge in [-0.15, -0.1) is 0 Å². The van der Waals surface area contributed by atoms with E-state index in [9.17, 15) is 9.59 Å². The number of imidazole rings is 1. The number of amides is 1. The minimum absolute atomic E-state index is 0.0337. The minimum atomic E-state index is -0.174. The Hall–Kier alpha value is -3.00. The molecule has 146 valence electrons. The van der Waals surface area contributed by atoms with E-state index in [0.717, 1.165) is 35.4 Å². The fourth-order valence-electron chi connectivity index (χ4n) is 3.73. The van der Waals surface area contributed by atoms with E-state index >= 15 is 0 Å². The number of hydrogen-bond donors (Lipinski definition) is 2. The summed E-state index contributed by atoms with van der Waals surface area (Å²) in [7, 11) is 1.56. The van der Waals surface area contributed by atoms with Gasteiger partial charge in [-0.2, -0.15) is 0 Å². The van der Waals surface area contributed by atoms with E-state index in [2.05, 4.69) is 20.3 Å². The fourth-order valence-corrected chi connectivity index (χ4v) is 3.73. The summed E-state index contributed by atoms with van der Waals surface area (Å²) in [5, 5.41) is 3.07. The zero-order chi connectivity index (χ0) is 19.7. The number of carbonyl (C=O) groups excluding carboxylic acids is 1. The first-order chi connectivity index (χ1) is 13.5. The summed E-state index contributed by atoms with van der Waals surface area (Å²) in [4.78, 5) is 35.9. The summed E-state index contributed by atoms with van der Waals surface area (Å²) in [5.41, 5.74) is 2.44. The van der Waals surface area contributed by atoms with E-state index in [1.165, 1.54) is 6.07 Å². The van der Waals surface area contributed by atoms with Crippen molar-refractivity contribution in [2.45, 2.75) is 44.9 Å². The maximum atomic E-state index is 12.5. The number of methoxy groups -OCH3 is 1. The second-order valence-corrected chi connectivity index (χ2v) is 7.22. The van der Waals surface area contributed by atoms with Crippen LogP contribution in [-0.4, -0.2) is 38.6 Å². The van der Waals surface area contributed by atoms with Gasteiger partial charge < -0.3 is 19.6 Å². The molecule has 2 heterocycles. The van der Waals surface area contributed by atoms with E-state index in [0.29, 0.717) is 5.82 Å². The Labute approximate surface area is 162 Å². The highest BCUT2D eigenvalue weighted by Gasteiger charge is 2.33. The first kappa shape index (κ1) is 18.4. The standard InChI is InChI=1S/C20H23N5O3/c1-12-21-15-5-3-4-6-17(15)25(12)10-20(27)22-14-7-13(8-14)16-9-19(26)24-18(23-16)11-28-2/h3-6,9,13-14H,7-8,10-11H2,1-2H3,(H,22,27)(H,23,24,26). The molecular weight excluding hydrogens is 358 g/mol. The van der Waals surface area contributed by atoms with Crippen LogP contribution in [0, 0.1) is 6.92 Å². The van der Waals surface area contributed by atoms with E-state index in [1.54, 1.807) is 7.11 Å². The van der Waals surface area contributed by atoms with Crippen molar-refractivity contribution in [2.75, 3.05) is 7.11 Å². The average molecular weight is 381 g/mol. The van der Waals surface area contributed by atoms with Crippen LogP contribution in [0.5, 0.6) is 0 Å². The lowest BCUT2D eigenvalue weighted by Gasteiger charge is -2.35. The Morgan fingerprint density at radius 2 is 2.11 bits per heavy atom.